The van der Waals surface area contributed by atoms with Crippen LogP contribution >= 0.6 is 11.3 Å². The van der Waals surface area contributed by atoms with Gasteiger partial charge in [0, 0.05) is 26.2 Å². The molecule has 1 fully saturated rings. The van der Waals surface area contributed by atoms with Crippen LogP contribution in [0.25, 0.3) is 10.2 Å². The van der Waals surface area contributed by atoms with Gasteiger partial charge in [0.15, 0.2) is 5.13 Å². The van der Waals surface area contributed by atoms with Gasteiger partial charge in [-0.1, -0.05) is 72.0 Å². The quantitative estimate of drug-likeness (QED) is 0.403. The minimum atomic E-state index is -0.301. The molecule has 0 unspecified atom stereocenters. The van der Waals surface area contributed by atoms with Gasteiger partial charge in [-0.2, -0.15) is 0 Å². The van der Waals surface area contributed by atoms with E-state index in [9.17, 15) is 4.79 Å². The second-order valence-corrected chi connectivity index (χ2v) is 9.19. The lowest BCUT2D eigenvalue weighted by Gasteiger charge is -2.36. The topological polar surface area (TPSA) is 54.9 Å². The monoisotopic (exact) mass is 473 g/mol. The maximum atomic E-state index is 13.7. The Hall–Kier alpha value is -3.58. The summed E-state index contributed by atoms with van der Waals surface area (Å²) in [6.07, 6.45) is 0. The Labute approximate surface area is 203 Å². The summed E-state index contributed by atoms with van der Waals surface area (Å²) in [5.41, 5.74) is 2.85. The smallest absolute Gasteiger partial charge is 0.234 e. The highest BCUT2D eigenvalue weighted by atomic mass is 32.1. The lowest BCUT2D eigenvalue weighted by molar-refractivity contribution is -0.132. The molecule has 2 heterocycles. The van der Waals surface area contributed by atoms with Crippen LogP contribution in [0, 0.1) is 0 Å². The largest absolute Gasteiger partial charge is 0.495 e. The van der Waals surface area contributed by atoms with Gasteiger partial charge in [0.2, 0.25) is 5.91 Å². The minimum Gasteiger partial charge on any atom is -0.495 e. The van der Waals surface area contributed by atoms with Crippen molar-refractivity contribution in [2.75, 3.05) is 45.3 Å². The van der Waals surface area contributed by atoms with Gasteiger partial charge in [-0.25, -0.2) is 4.98 Å². The molecule has 0 radical (unpaired) electrons. The summed E-state index contributed by atoms with van der Waals surface area (Å²) >= 11 is 1.60. The minimum absolute atomic E-state index is 0.143. The number of methoxy groups -OCH3 is 2. The average Bonchev–Trinajstić information content (AvgIpc) is 3.35. The highest BCUT2D eigenvalue weighted by Gasteiger charge is 2.30. The first-order chi connectivity index (χ1) is 16.7. The van der Waals surface area contributed by atoms with E-state index in [0.29, 0.717) is 13.1 Å². The third-order valence-corrected chi connectivity index (χ3v) is 7.40. The van der Waals surface area contributed by atoms with Gasteiger partial charge in [0.1, 0.15) is 21.7 Å². The normalized spacial score (nSPS) is 14.0. The van der Waals surface area contributed by atoms with Crippen LogP contribution in [0.15, 0.2) is 72.8 Å². The van der Waals surface area contributed by atoms with Crippen molar-refractivity contribution < 1.29 is 14.3 Å². The molecule has 1 saturated heterocycles. The number of piperazine rings is 1. The zero-order chi connectivity index (χ0) is 23.5. The predicted octanol–water partition coefficient (Wildman–Crippen LogP) is 4.79. The summed E-state index contributed by atoms with van der Waals surface area (Å²) in [5, 5.41) is 0.924. The Kier molecular flexibility index (Phi) is 6.36. The molecule has 5 rings (SSSR count). The van der Waals surface area contributed by atoms with Crippen LogP contribution in [0.2, 0.25) is 0 Å². The van der Waals surface area contributed by atoms with Crippen molar-refractivity contribution in [1.29, 1.82) is 0 Å². The first-order valence-electron chi connectivity index (χ1n) is 11.3. The van der Waals surface area contributed by atoms with E-state index < -0.39 is 0 Å². The number of rotatable bonds is 6. The Balaban J connectivity index is 1.36. The molecule has 0 saturated carbocycles. The molecule has 0 bridgehead atoms. The van der Waals surface area contributed by atoms with Gasteiger partial charge in [0.05, 0.1) is 20.1 Å². The molecule has 3 aromatic carbocycles. The van der Waals surface area contributed by atoms with E-state index in [4.69, 9.17) is 14.5 Å². The number of thiazole rings is 1. The molecule has 0 spiro atoms. The van der Waals surface area contributed by atoms with E-state index in [1.54, 1.807) is 25.6 Å². The van der Waals surface area contributed by atoms with Crippen LogP contribution in [0.3, 0.4) is 0 Å². The van der Waals surface area contributed by atoms with Crippen molar-refractivity contribution in [1.82, 2.24) is 9.88 Å². The fourth-order valence-corrected chi connectivity index (χ4v) is 5.60. The SMILES string of the molecule is COc1ccc(OC)c2sc(N3CCN(C(=O)C(c4ccccc4)c4ccccc4)CC3)nc12. The number of carbonyl (C=O) groups excluding carboxylic acids is 1. The summed E-state index contributed by atoms with van der Waals surface area (Å²) in [7, 11) is 3.32. The Morgan fingerprint density at radius 1 is 0.824 bits per heavy atom. The number of nitrogens with zero attached hydrogens (tertiary/aromatic N) is 3. The second kappa shape index (κ2) is 9.73. The molecule has 7 heteroatoms. The third-order valence-electron chi connectivity index (χ3n) is 6.27. The van der Waals surface area contributed by atoms with Crippen LogP contribution in [0.5, 0.6) is 11.5 Å². The second-order valence-electron chi connectivity index (χ2n) is 8.21. The fraction of sp³-hybridized carbons (Fsp3) is 0.259. The molecule has 0 aliphatic carbocycles. The van der Waals surface area contributed by atoms with E-state index in [-0.39, 0.29) is 11.8 Å². The van der Waals surface area contributed by atoms with E-state index in [0.717, 1.165) is 51.1 Å². The number of hydrogen-bond acceptors (Lipinski definition) is 6. The van der Waals surface area contributed by atoms with Crippen LogP contribution in [0.4, 0.5) is 5.13 Å². The number of ether oxygens (including phenoxy) is 2. The standard InChI is InChI=1S/C27H27N3O3S/c1-32-21-13-14-22(33-2)25-24(21)28-27(34-25)30-17-15-29(16-18-30)26(31)23(19-9-5-3-6-10-19)20-11-7-4-8-12-20/h3-14,23H,15-18H2,1-2H3. The van der Waals surface area contributed by atoms with Crippen molar-refractivity contribution in [2.45, 2.75) is 5.92 Å². The summed E-state index contributed by atoms with van der Waals surface area (Å²) in [5.74, 6) is 1.37. The predicted molar refractivity (Wildman–Crippen MR) is 136 cm³/mol. The summed E-state index contributed by atoms with van der Waals surface area (Å²) in [4.78, 5) is 22.8. The van der Waals surface area contributed by atoms with Gasteiger partial charge >= 0.3 is 0 Å². The number of amides is 1. The zero-order valence-corrected chi connectivity index (χ0v) is 20.1. The Morgan fingerprint density at radius 3 is 1.94 bits per heavy atom. The van der Waals surface area contributed by atoms with Crippen molar-refractivity contribution in [3.63, 3.8) is 0 Å². The first kappa shape index (κ1) is 22.2. The van der Waals surface area contributed by atoms with Crippen LogP contribution in [-0.4, -0.2) is 56.2 Å². The highest BCUT2D eigenvalue weighted by molar-refractivity contribution is 7.22. The molecule has 174 valence electrons. The molecule has 4 aromatic rings. The van der Waals surface area contributed by atoms with Crippen molar-refractivity contribution >= 4 is 32.6 Å². The van der Waals surface area contributed by atoms with E-state index in [2.05, 4.69) is 4.90 Å². The van der Waals surface area contributed by atoms with Crippen LogP contribution in [0.1, 0.15) is 17.0 Å². The van der Waals surface area contributed by atoms with Crippen molar-refractivity contribution in [3.05, 3.63) is 83.9 Å². The Morgan fingerprint density at radius 2 is 1.38 bits per heavy atom. The van der Waals surface area contributed by atoms with E-state index >= 15 is 0 Å². The van der Waals surface area contributed by atoms with Gasteiger partial charge in [-0.3, -0.25) is 4.79 Å². The number of fused-ring (bicyclic) bond motifs is 1. The third kappa shape index (κ3) is 4.19. The molecule has 1 aliphatic heterocycles. The van der Waals surface area contributed by atoms with Crippen molar-refractivity contribution in [3.8, 4) is 11.5 Å². The molecule has 34 heavy (non-hydrogen) atoms. The summed E-state index contributed by atoms with van der Waals surface area (Å²) in [6, 6.07) is 23.9. The molecule has 1 amide bonds. The maximum absolute atomic E-state index is 13.7. The number of anilines is 1. The van der Waals surface area contributed by atoms with Gasteiger partial charge in [-0.15, -0.1) is 0 Å². The zero-order valence-electron chi connectivity index (χ0n) is 19.3. The molecule has 0 N–H and O–H groups in total. The highest BCUT2D eigenvalue weighted by Crippen LogP contribution is 2.40. The maximum Gasteiger partial charge on any atom is 0.234 e. The number of hydrogen-bond donors (Lipinski definition) is 0. The van der Waals surface area contributed by atoms with Gasteiger partial charge in [0.25, 0.3) is 0 Å². The molecule has 6 nitrogen and oxygen atoms in total. The molecule has 1 aromatic heterocycles. The summed E-state index contributed by atoms with van der Waals surface area (Å²) in [6.45, 7) is 2.76. The van der Waals surface area contributed by atoms with Crippen LogP contribution in [-0.2, 0) is 4.79 Å². The lowest BCUT2D eigenvalue weighted by Crippen LogP contribution is -2.50. The summed E-state index contributed by atoms with van der Waals surface area (Å²) < 4.78 is 12.0. The lowest BCUT2D eigenvalue weighted by atomic mass is 9.90. The van der Waals surface area contributed by atoms with Gasteiger partial charge < -0.3 is 19.3 Å². The van der Waals surface area contributed by atoms with E-state index in [1.807, 2.05) is 77.7 Å². The number of benzene rings is 3. The molecular formula is C27H27N3O3S. The number of aromatic nitrogens is 1. The van der Waals surface area contributed by atoms with E-state index in [1.165, 1.54) is 0 Å². The number of carbonyl (C=O) groups is 1. The molecule has 0 atom stereocenters. The molecule has 1 aliphatic rings. The van der Waals surface area contributed by atoms with Gasteiger partial charge in [-0.05, 0) is 23.3 Å². The Bertz CT molecular complexity index is 1190. The molecular weight excluding hydrogens is 446 g/mol. The first-order valence-corrected chi connectivity index (χ1v) is 12.2. The average molecular weight is 474 g/mol. The van der Waals surface area contributed by atoms with Crippen LogP contribution < -0.4 is 14.4 Å². The van der Waals surface area contributed by atoms with Crippen molar-refractivity contribution in [2.24, 2.45) is 0 Å². The fourth-order valence-electron chi connectivity index (χ4n) is 4.48.